The molecule has 0 aromatic heterocycles. The second-order valence-corrected chi connectivity index (χ2v) is 8.68. The van der Waals surface area contributed by atoms with Gasteiger partial charge in [-0.1, -0.05) is 75.0 Å². The van der Waals surface area contributed by atoms with Crippen LogP contribution < -0.4 is 5.73 Å². The predicted molar refractivity (Wildman–Crippen MR) is 112 cm³/mol. The van der Waals surface area contributed by atoms with Gasteiger partial charge in [0.1, 0.15) is 0 Å². The highest BCUT2D eigenvalue weighted by atomic mass is 32.2. The Bertz CT molecular complexity index is 719. The van der Waals surface area contributed by atoms with E-state index in [0.29, 0.717) is 5.17 Å². The first-order valence-electron chi connectivity index (χ1n) is 8.80. The molecule has 0 bridgehead atoms. The summed E-state index contributed by atoms with van der Waals surface area (Å²) in [4.78, 5) is 4.64. The fourth-order valence-electron chi connectivity index (χ4n) is 2.83. The molecule has 1 atom stereocenters. The fourth-order valence-corrected chi connectivity index (χ4v) is 3.81. The van der Waals surface area contributed by atoms with Crippen molar-refractivity contribution < 1.29 is 0 Å². The van der Waals surface area contributed by atoms with Gasteiger partial charge in [-0.25, -0.2) is 0 Å². The van der Waals surface area contributed by atoms with Crippen LogP contribution in [0.1, 0.15) is 61.6 Å². The van der Waals surface area contributed by atoms with Gasteiger partial charge in [0.2, 0.25) is 0 Å². The molecule has 0 amide bonds. The van der Waals surface area contributed by atoms with E-state index in [1.165, 1.54) is 27.8 Å². The number of hydrogen-bond acceptors (Lipinski definition) is 2. The first-order chi connectivity index (χ1) is 11.7. The van der Waals surface area contributed by atoms with E-state index in [0.717, 1.165) is 5.75 Å². The molecule has 0 aliphatic heterocycles. The van der Waals surface area contributed by atoms with Crippen LogP contribution in [0.2, 0.25) is 0 Å². The second kappa shape index (κ2) is 8.09. The first kappa shape index (κ1) is 19.6. The molecular formula is C22H30N2S. The molecule has 0 saturated carbocycles. The van der Waals surface area contributed by atoms with Crippen molar-refractivity contribution in [3.63, 3.8) is 0 Å². The molecule has 0 aliphatic rings. The van der Waals surface area contributed by atoms with Gasteiger partial charge in [-0.2, -0.15) is 0 Å². The number of amidine groups is 1. The maximum absolute atomic E-state index is 6.17. The van der Waals surface area contributed by atoms with E-state index < -0.39 is 0 Å². The maximum atomic E-state index is 6.17. The zero-order chi connectivity index (χ0) is 18.6. The molecule has 2 rings (SSSR count). The zero-order valence-corrected chi connectivity index (χ0v) is 17.1. The van der Waals surface area contributed by atoms with Crippen molar-refractivity contribution in [2.45, 2.75) is 58.8 Å². The average molecular weight is 355 g/mol. The number of aryl methyl sites for hydroxylation is 2. The van der Waals surface area contributed by atoms with E-state index in [4.69, 9.17) is 5.73 Å². The molecule has 2 aromatic rings. The number of nitrogens with zero attached hydrogens (tertiary/aromatic N) is 1. The van der Waals surface area contributed by atoms with E-state index >= 15 is 0 Å². The highest BCUT2D eigenvalue weighted by Gasteiger charge is 2.16. The third kappa shape index (κ3) is 5.37. The van der Waals surface area contributed by atoms with Crippen LogP contribution in [0.15, 0.2) is 47.5 Å². The van der Waals surface area contributed by atoms with E-state index in [-0.39, 0.29) is 11.5 Å². The van der Waals surface area contributed by atoms with Crippen molar-refractivity contribution in [2.75, 3.05) is 0 Å². The molecule has 2 N–H and O–H groups in total. The lowest BCUT2D eigenvalue weighted by Crippen LogP contribution is -2.13. The maximum Gasteiger partial charge on any atom is 0.154 e. The van der Waals surface area contributed by atoms with Crippen molar-refractivity contribution in [2.24, 2.45) is 10.7 Å². The summed E-state index contributed by atoms with van der Waals surface area (Å²) in [6, 6.07) is 15.0. The lowest BCUT2D eigenvalue weighted by molar-refractivity contribution is 0.589. The Balaban J connectivity index is 2.09. The fraction of sp³-hybridized carbons (Fsp3) is 0.409. The number of aliphatic imine (C=N–C) groups is 1. The highest BCUT2D eigenvalue weighted by Crippen LogP contribution is 2.29. The SMILES string of the molecule is Cc1cc(C(C)(C)C)cc(C)c1CSC(N)=N[C@H](C)c1ccccc1. The summed E-state index contributed by atoms with van der Waals surface area (Å²) in [5, 5.41) is 0.648. The lowest BCUT2D eigenvalue weighted by Gasteiger charge is -2.22. The van der Waals surface area contributed by atoms with Gasteiger partial charge in [0.05, 0.1) is 6.04 Å². The van der Waals surface area contributed by atoms with Crippen LogP contribution in [0.25, 0.3) is 0 Å². The van der Waals surface area contributed by atoms with Crippen LogP contribution in [0.3, 0.4) is 0 Å². The van der Waals surface area contributed by atoms with Crippen LogP contribution in [0, 0.1) is 13.8 Å². The van der Waals surface area contributed by atoms with Crippen molar-refractivity contribution in [1.29, 1.82) is 0 Å². The van der Waals surface area contributed by atoms with E-state index in [2.05, 4.69) is 70.8 Å². The van der Waals surface area contributed by atoms with Gasteiger partial charge in [-0.15, -0.1) is 0 Å². The van der Waals surface area contributed by atoms with E-state index in [1.54, 1.807) is 11.8 Å². The van der Waals surface area contributed by atoms with Gasteiger partial charge in [-0.05, 0) is 54.0 Å². The monoisotopic (exact) mass is 354 g/mol. The Labute approximate surface area is 156 Å². The van der Waals surface area contributed by atoms with Crippen molar-refractivity contribution >= 4 is 16.9 Å². The number of benzene rings is 2. The van der Waals surface area contributed by atoms with Crippen LogP contribution >= 0.6 is 11.8 Å². The van der Waals surface area contributed by atoms with Crippen LogP contribution in [0.4, 0.5) is 0 Å². The smallest absolute Gasteiger partial charge is 0.154 e. The highest BCUT2D eigenvalue weighted by molar-refractivity contribution is 8.13. The summed E-state index contributed by atoms with van der Waals surface area (Å²) in [6.45, 7) is 13.2. The molecule has 2 aromatic carbocycles. The molecule has 134 valence electrons. The topological polar surface area (TPSA) is 38.4 Å². The summed E-state index contributed by atoms with van der Waals surface area (Å²) in [5.74, 6) is 0.860. The minimum atomic E-state index is 0.0826. The van der Waals surface area contributed by atoms with E-state index in [1.807, 2.05) is 18.2 Å². The largest absolute Gasteiger partial charge is 0.379 e. The molecule has 0 spiro atoms. The minimum absolute atomic E-state index is 0.0826. The van der Waals surface area contributed by atoms with Crippen LogP contribution in [-0.2, 0) is 11.2 Å². The summed E-state index contributed by atoms with van der Waals surface area (Å²) in [5.41, 5.74) is 13.0. The average Bonchev–Trinajstić information content (AvgIpc) is 2.53. The molecule has 0 heterocycles. The van der Waals surface area contributed by atoms with Gasteiger partial charge >= 0.3 is 0 Å². The van der Waals surface area contributed by atoms with Gasteiger partial charge in [0.25, 0.3) is 0 Å². The minimum Gasteiger partial charge on any atom is -0.379 e. The Hall–Kier alpha value is -1.74. The molecule has 0 fully saturated rings. The predicted octanol–water partition coefficient (Wildman–Crippen LogP) is 5.91. The molecule has 0 radical (unpaired) electrons. The first-order valence-corrected chi connectivity index (χ1v) is 9.78. The molecule has 25 heavy (non-hydrogen) atoms. The Morgan fingerprint density at radius 1 is 1.08 bits per heavy atom. The Kier molecular flexibility index (Phi) is 6.34. The summed E-state index contributed by atoms with van der Waals surface area (Å²) in [6.07, 6.45) is 0. The van der Waals surface area contributed by atoms with Crippen molar-refractivity contribution in [3.05, 3.63) is 70.3 Å². The summed E-state index contributed by atoms with van der Waals surface area (Å²) in [7, 11) is 0. The third-order valence-electron chi connectivity index (χ3n) is 4.53. The number of thioether (sulfide) groups is 1. The Morgan fingerprint density at radius 3 is 2.16 bits per heavy atom. The number of rotatable bonds is 4. The lowest BCUT2D eigenvalue weighted by atomic mass is 9.84. The number of nitrogens with two attached hydrogens (primary N) is 1. The van der Waals surface area contributed by atoms with Crippen LogP contribution in [-0.4, -0.2) is 5.17 Å². The van der Waals surface area contributed by atoms with Gasteiger partial charge in [-0.3, -0.25) is 4.99 Å². The quantitative estimate of drug-likeness (QED) is 0.547. The molecular weight excluding hydrogens is 324 g/mol. The zero-order valence-electron chi connectivity index (χ0n) is 16.3. The standard InChI is InChI=1S/C22H30N2S/c1-15-12-19(22(4,5)6)13-16(2)20(15)14-25-21(23)24-17(3)18-10-8-7-9-11-18/h7-13,17H,14H2,1-6H3,(H2,23,24)/t17-/m1/s1. The van der Waals surface area contributed by atoms with Crippen molar-refractivity contribution in [1.82, 2.24) is 0 Å². The molecule has 3 heteroatoms. The Morgan fingerprint density at radius 2 is 1.64 bits per heavy atom. The molecule has 2 nitrogen and oxygen atoms in total. The summed E-state index contributed by atoms with van der Waals surface area (Å²) >= 11 is 1.62. The van der Waals surface area contributed by atoms with E-state index in [9.17, 15) is 0 Å². The van der Waals surface area contributed by atoms with Gasteiger partial charge < -0.3 is 5.73 Å². The van der Waals surface area contributed by atoms with Crippen molar-refractivity contribution in [3.8, 4) is 0 Å². The summed E-state index contributed by atoms with van der Waals surface area (Å²) < 4.78 is 0. The third-order valence-corrected chi connectivity index (χ3v) is 5.36. The normalized spacial score (nSPS) is 13.8. The van der Waals surface area contributed by atoms with Gasteiger partial charge in [0, 0.05) is 5.75 Å². The number of hydrogen-bond donors (Lipinski definition) is 1. The second-order valence-electron chi connectivity index (χ2n) is 7.68. The molecule has 0 unspecified atom stereocenters. The molecule has 0 aliphatic carbocycles. The molecule has 0 saturated heterocycles. The van der Waals surface area contributed by atoms with Crippen LogP contribution in [0.5, 0.6) is 0 Å². The van der Waals surface area contributed by atoms with Gasteiger partial charge in [0.15, 0.2) is 5.17 Å².